The summed E-state index contributed by atoms with van der Waals surface area (Å²) < 4.78 is 18.6. The number of benzene rings is 1. The number of piperidine rings is 1. The van der Waals surface area contributed by atoms with E-state index in [1.165, 1.54) is 12.1 Å². The Kier molecular flexibility index (Phi) is 4.39. The summed E-state index contributed by atoms with van der Waals surface area (Å²) in [7, 11) is 0. The van der Waals surface area contributed by atoms with E-state index in [0.29, 0.717) is 36.1 Å². The summed E-state index contributed by atoms with van der Waals surface area (Å²) in [5.74, 6) is 0.501. The predicted octanol–water partition coefficient (Wildman–Crippen LogP) is 2.69. The lowest BCUT2D eigenvalue weighted by Gasteiger charge is -2.30. The largest absolute Gasteiger partial charge is 0.339 e. The minimum atomic E-state index is -0.408. The Morgan fingerprint density at radius 1 is 1.23 bits per heavy atom. The Labute approximate surface area is 148 Å². The summed E-state index contributed by atoms with van der Waals surface area (Å²) >= 11 is 0. The monoisotopic (exact) mass is 353 g/mol. The highest BCUT2D eigenvalue weighted by atomic mass is 19.1. The third kappa shape index (κ3) is 3.30. The van der Waals surface area contributed by atoms with Gasteiger partial charge >= 0.3 is 0 Å². The van der Waals surface area contributed by atoms with Gasteiger partial charge in [-0.25, -0.2) is 9.37 Å². The van der Waals surface area contributed by atoms with Crippen molar-refractivity contribution in [2.75, 3.05) is 13.1 Å². The summed E-state index contributed by atoms with van der Waals surface area (Å²) in [6, 6.07) is 5.77. The number of hydrogen-bond donors (Lipinski definition) is 0. The fraction of sp³-hybridized carbons (Fsp3) is 0.278. The van der Waals surface area contributed by atoms with Crippen LogP contribution in [0, 0.1) is 5.82 Å². The van der Waals surface area contributed by atoms with Crippen molar-refractivity contribution in [1.29, 1.82) is 0 Å². The van der Waals surface area contributed by atoms with E-state index in [-0.39, 0.29) is 11.8 Å². The average molecular weight is 353 g/mol. The molecule has 7 nitrogen and oxygen atoms in total. The maximum absolute atomic E-state index is 13.3. The molecule has 8 heteroatoms. The number of carbonyl (C=O) groups excluding carboxylic acids is 1. The molecule has 4 rings (SSSR count). The van der Waals surface area contributed by atoms with Gasteiger partial charge in [0.1, 0.15) is 11.5 Å². The molecule has 0 unspecified atom stereocenters. The second-order valence-corrected chi connectivity index (χ2v) is 6.13. The van der Waals surface area contributed by atoms with E-state index >= 15 is 0 Å². The van der Waals surface area contributed by atoms with Gasteiger partial charge in [-0.1, -0.05) is 11.2 Å². The van der Waals surface area contributed by atoms with Crippen LogP contribution in [0.2, 0.25) is 0 Å². The lowest BCUT2D eigenvalue weighted by molar-refractivity contribution is 0.0710. The van der Waals surface area contributed by atoms with E-state index in [4.69, 9.17) is 4.52 Å². The summed E-state index contributed by atoms with van der Waals surface area (Å²) in [5, 5.41) is 4.05. The lowest BCUT2D eigenvalue weighted by Crippen LogP contribution is -2.38. The first-order valence-electron chi connectivity index (χ1n) is 8.35. The van der Waals surface area contributed by atoms with Gasteiger partial charge in [0.15, 0.2) is 5.82 Å². The molecule has 0 atom stereocenters. The van der Waals surface area contributed by atoms with Crippen molar-refractivity contribution in [2.45, 2.75) is 18.8 Å². The fourth-order valence-corrected chi connectivity index (χ4v) is 3.06. The normalized spacial score (nSPS) is 15.2. The molecule has 0 N–H and O–H groups in total. The van der Waals surface area contributed by atoms with Crippen molar-refractivity contribution in [3.8, 4) is 11.6 Å². The first-order valence-corrected chi connectivity index (χ1v) is 8.35. The van der Waals surface area contributed by atoms with Gasteiger partial charge < -0.3 is 9.42 Å². The number of hydrogen-bond acceptors (Lipinski definition) is 6. The van der Waals surface area contributed by atoms with Crippen LogP contribution in [0.4, 0.5) is 4.39 Å². The van der Waals surface area contributed by atoms with Crippen LogP contribution >= 0.6 is 0 Å². The van der Waals surface area contributed by atoms with Crippen LogP contribution in [-0.2, 0) is 0 Å². The molecule has 0 spiro atoms. The molecule has 1 fully saturated rings. The maximum atomic E-state index is 13.3. The first-order chi connectivity index (χ1) is 12.7. The lowest BCUT2D eigenvalue weighted by atomic mass is 9.95. The van der Waals surface area contributed by atoms with Gasteiger partial charge in [-0.3, -0.25) is 9.78 Å². The SMILES string of the molecule is O=C(c1cccc(F)c1)N1CCC(c2noc(-c3cnccn3)n2)CC1. The van der Waals surface area contributed by atoms with Crippen LogP contribution < -0.4 is 0 Å². The zero-order chi connectivity index (χ0) is 17.9. The Morgan fingerprint density at radius 2 is 2.08 bits per heavy atom. The number of nitrogens with zero attached hydrogens (tertiary/aromatic N) is 5. The predicted molar refractivity (Wildman–Crippen MR) is 89.6 cm³/mol. The third-order valence-corrected chi connectivity index (χ3v) is 4.44. The van der Waals surface area contributed by atoms with Gasteiger partial charge in [0.2, 0.25) is 0 Å². The minimum Gasteiger partial charge on any atom is -0.339 e. The van der Waals surface area contributed by atoms with Crippen molar-refractivity contribution in [1.82, 2.24) is 25.0 Å². The molecular formula is C18H16FN5O2. The van der Waals surface area contributed by atoms with Gasteiger partial charge in [-0.05, 0) is 31.0 Å². The molecule has 1 aliphatic rings. The van der Waals surface area contributed by atoms with E-state index in [2.05, 4.69) is 20.1 Å². The molecule has 0 saturated carbocycles. The molecule has 1 aromatic carbocycles. The van der Waals surface area contributed by atoms with Crippen LogP contribution in [0.15, 0.2) is 47.4 Å². The highest BCUT2D eigenvalue weighted by molar-refractivity contribution is 5.94. The van der Waals surface area contributed by atoms with Crippen molar-refractivity contribution in [3.05, 3.63) is 60.1 Å². The van der Waals surface area contributed by atoms with Crippen LogP contribution in [0.1, 0.15) is 34.9 Å². The van der Waals surface area contributed by atoms with Crippen molar-refractivity contribution in [3.63, 3.8) is 0 Å². The Hall–Kier alpha value is -3.16. The van der Waals surface area contributed by atoms with Crippen LogP contribution in [0.3, 0.4) is 0 Å². The summed E-state index contributed by atoms with van der Waals surface area (Å²) in [6.45, 7) is 1.13. The molecule has 1 amide bonds. The zero-order valence-corrected chi connectivity index (χ0v) is 13.9. The Balaban J connectivity index is 1.41. The van der Waals surface area contributed by atoms with Gasteiger partial charge in [0.05, 0.1) is 6.20 Å². The number of carbonyl (C=O) groups is 1. The van der Waals surface area contributed by atoms with Gasteiger partial charge in [-0.2, -0.15) is 4.98 Å². The quantitative estimate of drug-likeness (QED) is 0.720. The highest BCUT2D eigenvalue weighted by Gasteiger charge is 2.28. The standard InChI is InChI=1S/C18H16FN5O2/c19-14-3-1-2-13(10-14)18(25)24-8-4-12(5-9-24)16-22-17(26-23-16)15-11-20-6-7-21-15/h1-3,6-7,10-12H,4-5,8-9H2. The van der Waals surface area contributed by atoms with Crippen LogP contribution in [-0.4, -0.2) is 44.0 Å². The topological polar surface area (TPSA) is 85.0 Å². The number of aromatic nitrogens is 4. The third-order valence-electron chi connectivity index (χ3n) is 4.44. The molecule has 0 aliphatic carbocycles. The van der Waals surface area contributed by atoms with Gasteiger partial charge in [-0.15, -0.1) is 0 Å². The Bertz CT molecular complexity index is 907. The zero-order valence-electron chi connectivity index (χ0n) is 13.9. The van der Waals surface area contributed by atoms with Crippen molar-refractivity contribution >= 4 is 5.91 Å². The molecule has 2 aromatic heterocycles. The summed E-state index contributed by atoms with van der Waals surface area (Å²) in [5.41, 5.74) is 0.901. The number of amides is 1. The molecule has 3 aromatic rings. The van der Waals surface area contributed by atoms with E-state index < -0.39 is 5.82 Å². The number of rotatable bonds is 3. The molecular weight excluding hydrogens is 337 g/mol. The number of likely N-dealkylation sites (tertiary alicyclic amines) is 1. The van der Waals surface area contributed by atoms with Crippen molar-refractivity contribution < 1.29 is 13.7 Å². The second kappa shape index (κ2) is 6.99. The number of halogens is 1. The molecule has 0 radical (unpaired) electrons. The Morgan fingerprint density at radius 3 is 2.81 bits per heavy atom. The molecule has 0 bridgehead atoms. The van der Waals surface area contributed by atoms with E-state index in [1.54, 1.807) is 35.6 Å². The molecule has 132 valence electrons. The van der Waals surface area contributed by atoms with E-state index in [0.717, 1.165) is 12.8 Å². The van der Waals surface area contributed by atoms with Crippen molar-refractivity contribution in [2.24, 2.45) is 0 Å². The van der Waals surface area contributed by atoms with Gasteiger partial charge in [0.25, 0.3) is 11.8 Å². The summed E-state index contributed by atoms with van der Waals surface area (Å²) in [6.07, 6.45) is 6.15. The van der Waals surface area contributed by atoms with E-state index in [9.17, 15) is 9.18 Å². The van der Waals surface area contributed by atoms with Crippen LogP contribution in [0.5, 0.6) is 0 Å². The molecule has 26 heavy (non-hydrogen) atoms. The first kappa shape index (κ1) is 16.3. The van der Waals surface area contributed by atoms with E-state index in [1.807, 2.05) is 0 Å². The van der Waals surface area contributed by atoms with Crippen LogP contribution in [0.25, 0.3) is 11.6 Å². The van der Waals surface area contributed by atoms with Gasteiger partial charge in [0, 0.05) is 37.0 Å². The minimum absolute atomic E-state index is 0.112. The highest BCUT2D eigenvalue weighted by Crippen LogP contribution is 2.28. The fourth-order valence-electron chi connectivity index (χ4n) is 3.06. The summed E-state index contributed by atoms with van der Waals surface area (Å²) in [4.78, 5) is 26.7. The molecule has 3 heterocycles. The maximum Gasteiger partial charge on any atom is 0.278 e. The second-order valence-electron chi connectivity index (χ2n) is 6.13. The smallest absolute Gasteiger partial charge is 0.278 e. The molecule has 1 aliphatic heterocycles. The average Bonchev–Trinajstić information content (AvgIpc) is 3.18. The molecule has 1 saturated heterocycles.